The maximum Gasteiger partial charge on any atom is 0.0737 e. The summed E-state index contributed by atoms with van der Waals surface area (Å²) >= 11 is 0. The van der Waals surface area contributed by atoms with Crippen LogP contribution in [0.1, 0.15) is 7.43 Å². The number of pyridine rings is 1. The molecular formula is C72H49N5. The number of aromatic nitrogens is 5. The number of hydrogen-bond acceptors (Lipinski definition) is 1. The van der Waals surface area contributed by atoms with Gasteiger partial charge in [0, 0.05) is 65.6 Å². The van der Waals surface area contributed by atoms with Crippen LogP contribution in [0.4, 0.5) is 0 Å². The summed E-state index contributed by atoms with van der Waals surface area (Å²) in [6, 6.07) is 99.5. The van der Waals surface area contributed by atoms with Gasteiger partial charge in [0.25, 0.3) is 0 Å². The van der Waals surface area contributed by atoms with Crippen molar-refractivity contribution in [1.82, 2.24) is 23.3 Å². The minimum Gasteiger partial charge on any atom is -0.309 e. The summed E-state index contributed by atoms with van der Waals surface area (Å²) in [5, 5.41) is 9.72. The summed E-state index contributed by atoms with van der Waals surface area (Å²) in [6.45, 7) is 0. The van der Waals surface area contributed by atoms with Crippen LogP contribution in [0.3, 0.4) is 0 Å². The van der Waals surface area contributed by atoms with E-state index in [-0.39, 0.29) is 7.43 Å². The molecule has 0 aliphatic heterocycles. The van der Waals surface area contributed by atoms with E-state index >= 15 is 0 Å². The van der Waals surface area contributed by atoms with Crippen LogP contribution in [0.5, 0.6) is 0 Å². The van der Waals surface area contributed by atoms with Crippen LogP contribution in [0, 0.1) is 0 Å². The van der Waals surface area contributed by atoms with Gasteiger partial charge in [0.2, 0.25) is 0 Å². The SMILES string of the molecule is C.c1ccc(-c2cc(-c3cc(-n4c5ccccc5c5ccccc54)ccc3-n3c4ccccc4c4ccccc43)nc(-c3cc(-n4c5ccccc5c5ccccc54)ccc3-n3c4ccccc4c4ccccc43)c2)cc1. The summed E-state index contributed by atoms with van der Waals surface area (Å²) < 4.78 is 9.72. The van der Waals surface area contributed by atoms with Crippen molar-refractivity contribution in [2.24, 2.45) is 0 Å². The standard InChI is InChI=1S/C71H45N5.CH4/c1-2-20-46(21-3-1)47-42-60(58-44-48(73-62-30-12-4-22-50(62)51-23-5-13-31-63(51)73)38-40-70(58)75-66-34-16-8-26-54(66)55-27-9-17-35-67(55)75)72-61(43-47)59-45-49(74-64-32-14-6-24-52(64)53-25-7-15-33-65(53)74)39-41-71(59)76-68-36-18-10-28-56(68)57-29-11-19-37-69(57)76;/h1-45H;1H4. The minimum absolute atomic E-state index is 0. The van der Waals surface area contributed by atoms with E-state index in [1.54, 1.807) is 0 Å². The van der Waals surface area contributed by atoms with E-state index in [9.17, 15) is 0 Å². The number of benzene rings is 11. The average molecular weight is 984 g/mol. The van der Waals surface area contributed by atoms with Crippen molar-refractivity contribution < 1.29 is 0 Å². The maximum atomic E-state index is 6.01. The Bertz CT molecular complexity index is 4500. The number of para-hydroxylation sites is 8. The number of rotatable bonds is 7. The van der Waals surface area contributed by atoms with Gasteiger partial charge in [-0.3, -0.25) is 0 Å². The number of nitrogens with zero attached hydrogens (tertiary/aromatic N) is 5. The third kappa shape index (κ3) is 6.70. The summed E-state index contributed by atoms with van der Waals surface area (Å²) in [7, 11) is 0. The lowest BCUT2D eigenvalue weighted by atomic mass is 9.97. The highest BCUT2D eigenvalue weighted by molar-refractivity contribution is 6.13. The molecule has 0 amide bonds. The van der Waals surface area contributed by atoms with Gasteiger partial charge in [-0.1, -0.05) is 183 Å². The van der Waals surface area contributed by atoms with Crippen LogP contribution >= 0.6 is 0 Å². The van der Waals surface area contributed by atoms with Gasteiger partial charge in [0.1, 0.15) is 0 Å². The lowest BCUT2D eigenvalue weighted by Gasteiger charge is -2.20. The van der Waals surface area contributed by atoms with E-state index in [1.165, 1.54) is 43.1 Å². The maximum absolute atomic E-state index is 6.01. The third-order valence-electron chi connectivity index (χ3n) is 15.8. The molecule has 362 valence electrons. The first-order valence-corrected chi connectivity index (χ1v) is 26.0. The van der Waals surface area contributed by atoms with Crippen LogP contribution in [0.2, 0.25) is 0 Å². The molecule has 5 aromatic heterocycles. The predicted molar refractivity (Wildman–Crippen MR) is 325 cm³/mol. The first-order valence-electron chi connectivity index (χ1n) is 26.0. The summed E-state index contributed by atoms with van der Waals surface area (Å²) in [5.74, 6) is 0. The Morgan fingerprint density at radius 2 is 0.481 bits per heavy atom. The van der Waals surface area contributed by atoms with Crippen LogP contribution in [0.25, 0.3) is 144 Å². The average Bonchev–Trinajstić information content (AvgIpc) is 4.40. The molecule has 16 aromatic rings. The molecule has 11 aromatic carbocycles. The molecule has 16 rings (SSSR count). The zero-order chi connectivity index (χ0) is 49.8. The van der Waals surface area contributed by atoms with Crippen molar-refractivity contribution in [2.75, 3.05) is 0 Å². The van der Waals surface area contributed by atoms with Crippen LogP contribution in [0.15, 0.2) is 273 Å². The topological polar surface area (TPSA) is 32.6 Å². The van der Waals surface area contributed by atoms with Crippen LogP contribution < -0.4 is 0 Å². The fraction of sp³-hybridized carbons (Fsp3) is 0.0139. The first-order chi connectivity index (χ1) is 37.7. The Balaban J connectivity index is 0.00000518. The van der Waals surface area contributed by atoms with Gasteiger partial charge in [0.05, 0.1) is 66.9 Å². The van der Waals surface area contributed by atoms with E-state index < -0.39 is 0 Å². The normalized spacial score (nSPS) is 11.8. The van der Waals surface area contributed by atoms with Crippen molar-refractivity contribution in [3.63, 3.8) is 0 Å². The van der Waals surface area contributed by atoms with Crippen LogP contribution in [-0.2, 0) is 0 Å². The molecule has 0 atom stereocenters. The van der Waals surface area contributed by atoms with E-state index in [0.29, 0.717) is 0 Å². The van der Waals surface area contributed by atoms with Crippen molar-refractivity contribution in [2.45, 2.75) is 7.43 Å². The van der Waals surface area contributed by atoms with Gasteiger partial charge in [0.15, 0.2) is 0 Å². The van der Waals surface area contributed by atoms with Crippen molar-refractivity contribution in [3.8, 4) is 56.4 Å². The Labute approximate surface area is 445 Å². The Morgan fingerprint density at radius 3 is 0.779 bits per heavy atom. The van der Waals surface area contributed by atoms with Gasteiger partial charge < -0.3 is 18.3 Å². The van der Waals surface area contributed by atoms with Gasteiger partial charge in [-0.05, 0) is 108 Å². The van der Waals surface area contributed by atoms with E-state index in [1.807, 2.05) is 0 Å². The fourth-order valence-electron chi connectivity index (χ4n) is 12.5. The zero-order valence-corrected chi connectivity index (χ0v) is 41.2. The fourth-order valence-corrected chi connectivity index (χ4v) is 12.5. The molecule has 0 aliphatic carbocycles. The predicted octanol–water partition coefficient (Wildman–Crippen LogP) is 19.1. The number of fused-ring (bicyclic) bond motifs is 12. The van der Waals surface area contributed by atoms with Crippen molar-refractivity contribution >= 4 is 87.2 Å². The van der Waals surface area contributed by atoms with E-state index in [0.717, 1.165) is 101 Å². The summed E-state index contributed by atoms with van der Waals surface area (Å²) in [5.41, 5.74) is 19.4. The molecule has 0 saturated carbocycles. The molecule has 0 aliphatic rings. The molecule has 0 N–H and O–H groups in total. The Morgan fingerprint density at radius 1 is 0.221 bits per heavy atom. The monoisotopic (exact) mass is 983 g/mol. The molecule has 0 spiro atoms. The minimum atomic E-state index is 0. The van der Waals surface area contributed by atoms with Gasteiger partial charge in [-0.15, -0.1) is 0 Å². The molecule has 0 radical (unpaired) electrons. The second-order valence-electron chi connectivity index (χ2n) is 19.9. The Hall–Kier alpha value is -10.2. The molecule has 5 nitrogen and oxygen atoms in total. The van der Waals surface area contributed by atoms with Crippen LogP contribution in [-0.4, -0.2) is 23.3 Å². The quantitative estimate of drug-likeness (QED) is 0.157. The number of hydrogen-bond donors (Lipinski definition) is 0. The molecule has 0 bridgehead atoms. The molecule has 0 fully saturated rings. The molecule has 5 heteroatoms. The highest BCUT2D eigenvalue weighted by atomic mass is 15.0. The van der Waals surface area contributed by atoms with Gasteiger partial charge in [-0.25, -0.2) is 4.98 Å². The second-order valence-corrected chi connectivity index (χ2v) is 19.9. The van der Waals surface area contributed by atoms with E-state index in [2.05, 4.69) is 291 Å². The molecular weight excluding hydrogens is 935 g/mol. The van der Waals surface area contributed by atoms with Crippen molar-refractivity contribution in [3.05, 3.63) is 273 Å². The molecule has 0 saturated heterocycles. The molecule has 0 unspecified atom stereocenters. The molecule has 77 heavy (non-hydrogen) atoms. The highest BCUT2D eigenvalue weighted by Gasteiger charge is 2.24. The molecule has 5 heterocycles. The Kier molecular flexibility index (Phi) is 10.0. The highest BCUT2D eigenvalue weighted by Crippen LogP contribution is 2.44. The second kappa shape index (κ2) is 17.4. The van der Waals surface area contributed by atoms with Gasteiger partial charge in [-0.2, -0.15) is 0 Å². The smallest absolute Gasteiger partial charge is 0.0737 e. The summed E-state index contributed by atoms with van der Waals surface area (Å²) in [4.78, 5) is 6.01. The first kappa shape index (κ1) is 44.3. The van der Waals surface area contributed by atoms with Gasteiger partial charge >= 0.3 is 0 Å². The lowest BCUT2D eigenvalue weighted by molar-refractivity contribution is 1.13. The van der Waals surface area contributed by atoms with E-state index in [4.69, 9.17) is 4.98 Å². The zero-order valence-electron chi connectivity index (χ0n) is 41.2. The lowest BCUT2D eigenvalue weighted by Crippen LogP contribution is -2.04. The van der Waals surface area contributed by atoms with Crippen molar-refractivity contribution in [1.29, 1.82) is 0 Å². The third-order valence-corrected chi connectivity index (χ3v) is 15.8. The summed E-state index contributed by atoms with van der Waals surface area (Å²) in [6.07, 6.45) is 0. The largest absolute Gasteiger partial charge is 0.309 e.